The van der Waals surface area contributed by atoms with Crippen molar-refractivity contribution in [2.24, 2.45) is 0 Å². The van der Waals surface area contributed by atoms with Gasteiger partial charge in [0.05, 0.1) is 0 Å². The lowest BCUT2D eigenvalue weighted by atomic mass is 10.2. The van der Waals surface area contributed by atoms with Crippen LogP contribution in [-0.2, 0) is 4.74 Å². The molecule has 3 heterocycles. The molecule has 0 aliphatic carbocycles. The molecule has 2 aromatic rings. The largest absolute Gasteiger partial charge is 0.385 e. The number of aryl methyl sites for hydroxylation is 1. The van der Waals surface area contributed by atoms with Gasteiger partial charge >= 0.3 is 0 Å². The predicted molar refractivity (Wildman–Crippen MR) is 104 cm³/mol. The van der Waals surface area contributed by atoms with Gasteiger partial charge in [-0.25, -0.2) is 15.0 Å². The molecule has 8 nitrogen and oxygen atoms in total. The Morgan fingerprint density at radius 2 is 1.89 bits per heavy atom. The van der Waals surface area contributed by atoms with Crippen LogP contribution in [0.4, 0.5) is 11.6 Å². The van der Waals surface area contributed by atoms with Gasteiger partial charge in [-0.15, -0.1) is 0 Å². The smallest absolute Gasteiger partial charge is 0.270 e. The van der Waals surface area contributed by atoms with E-state index in [-0.39, 0.29) is 5.91 Å². The van der Waals surface area contributed by atoms with E-state index in [1.54, 1.807) is 13.2 Å². The first-order valence-corrected chi connectivity index (χ1v) is 9.21. The topological polar surface area (TPSA) is 83.5 Å². The van der Waals surface area contributed by atoms with Gasteiger partial charge in [-0.2, -0.15) is 0 Å². The maximum absolute atomic E-state index is 12.4. The molecule has 1 aliphatic heterocycles. The van der Waals surface area contributed by atoms with Crippen LogP contribution < -0.4 is 15.1 Å². The van der Waals surface area contributed by atoms with Crippen LogP contribution in [0.1, 0.15) is 22.7 Å². The first kappa shape index (κ1) is 19.0. The van der Waals surface area contributed by atoms with E-state index in [2.05, 4.69) is 30.1 Å². The summed E-state index contributed by atoms with van der Waals surface area (Å²) in [5, 5.41) is 2.88. The van der Waals surface area contributed by atoms with Crippen LogP contribution in [0.2, 0.25) is 0 Å². The second-order valence-corrected chi connectivity index (χ2v) is 6.42. The number of anilines is 2. The van der Waals surface area contributed by atoms with Crippen molar-refractivity contribution in [1.82, 2.24) is 20.3 Å². The van der Waals surface area contributed by atoms with Crippen molar-refractivity contribution in [3.05, 3.63) is 42.0 Å². The fourth-order valence-corrected chi connectivity index (χ4v) is 3.04. The number of amides is 1. The summed E-state index contributed by atoms with van der Waals surface area (Å²) in [6, 6.07) is 7.72. The van der Waals surface area contributed by atoms with Gasteiger partial charge in [0.1, 0.15) is 23.2 Å². The Balaban J connectivity index is 1.62. The minimum atomic E-state index is -0.176. The first-order valence-electron chi connectivity index (χ1n) is 9.21. The molecule has 1 saturated heterocycles. The zero-order valence-electron chi connectivity index (χ0n) is 15.9. The van der Waals surface area contributed by atoms with Crippen LogP contribution in [-0.4, -0.2) is 67.3 Å². The van der Waals surface area contributed by atoms with Gasteiger partial charge in [-0.3, -0.25) is 4.79 Å². The van der Waals surface area contributed by atoms with Gasteiger partial charge in [0, 0.05) is 58.7 Å². The average molecular weight is 370 g/mol. The summed E-state index contributed by atoms with van der Waals surface area (Å²) in [7, 11) is 1.65. The zero-order chi connectivity index (χ0) is 19.1. The lowest BCUT2D eigenvalue weighted by molar-refractivity contribution is 0.0943. The quantitative estimate of drug-likeness (QED) is 0.735. The normalized spacial score (nSPS) is 14.3. The number of nitrogens with zero attached hydrogens (tertiary/aromatic N) is 5. The Morgan fingerprint density at radius 1 is 1.15 bits per heavy atom. The molecule has 2 aromatic heterocycles. The summed E-state index contributed by atoms with van der Waals surface area (Å²) in [6.45, 7) is 6.36. The van der Waals surface area contributed by atoms with Gasteiger partial charge in [0.25, 0.3) is 5.91 Å². The highest BCUT2D eigenvalue weighted by molar-refractivity contribution is 5.92. The number of carbonyl (C=O) groups excluding carboxylic acids is 1. The van der Waals surface area contributed by atoms with Gasteiger partial charge < -0.3 is 19.9 Å². The van der Waals surface area contributed by atoms with Gasteiger partial charge in [0.15, 0.2) is 0 Å². The monoisotopic (exact) mass is 370 g/mol. The highest BCUT2D eigenvalue weighted by atomic mass is 16.5. The molecule has 3 rings (SSSR count). The third kappa shape index (κ3) is 5.13. The molecular formula is C19H26N6O2. The maximum atomic E-state index is 12.4. The van der Waals surface area contributed by atoms with E-state index in [9.17, 15) is 4.79 Å². The fourth-order valence-electron chi connectivity index (χ4n) is 3.04. The molecule has 0 bridgehead atoms. The van der Waals surface area contributed by atoms with Crippen LogP contribution >= 0.6 is 0 Å². The lowest BCUT2D eigenvalue weighted by Crippen LogP contribution is -2.47. The van der Waals surface area contributed by atoms with Gasteiger partial charge in [-0.1, -0.05) is 6.07 Å². The van der Waals surface area contributed by atoms with Crippen LogP contribution in [0.15, 0.2) is 30.5 Å². The van der Waals surface area contributed by atoms with Crippen molar-refractivity contribution in [3.63, 3.8) is 0 Å². The molecule has 144 valence electrons. The first-order chi connectivity index (χ1) is 13.2. The highest BCUT2D eigenvalue weighted by Crippen LogP contribution is 2.18. The molecule has 0 radical (unpaired) electrons. The minimum Gasteiger partial charge on any atom is -0.385 e. The van der Waals surface area contributed by atoms with Crippen molar-refractivity contribution in [2.75, 3.05) is 56.2 Å². The Bertz CT molecular complexity index is 747. The number of rotatable bonds is 7. The van der Waals surface area contributed by atoms with Crippen LogP contribution in [0.5, 0.6) is 0 Å². The summed E-state index contributed by atoms with van der Waals surface area (Å²) >= 11 is 0. The molecule has 0 aromatic carbocycles. The predicted octanol–water partition coefficient (Wildman–Crippen LogP) is 1.27. The Kier molecular flexibility index (Phi) is 6.54. The molecule has 27 heavy (non-hydrogen) atoms. The average Bonchev–Trinajstić information content (AvgIpc) is 2.71. The number of hydrogen-bond acceptors (Lipinski definition) is 7. The number of carbonyl (C=O) groups is 1. The van der Waals surface area contributed by atoms with E-state index < -0.39 is 0 Å². The SMILES string of the molecule is COCCCNC(=O)c1cc(N2CCN(c3ccccn3)CC2)nc(C)n1. The van der Waals surface area contributed by atoms with E-state index in [4.69, 9.17) is 4.74 Å². The minimum absolute atomic E-state index is 0.176. The summed E-state index contributed by atoms with van der Waals surface area (Å²) in [5.74, 6) is 2.21. The Labute approximate surface area is 159 Å². The number of piperazine rings is 1. The number of ether oxygens (including phenoxy) is 1. The van der Waals surface area contributed by atoms with Crippen LogP contribution in [0.25, 0.3) is 0 Å². The summed E-state index contributed by atoms with van der Waals surface area (Å²) in [6.07, 6.45) is 2.58. The molecule has 8 heteroatoms. The highest BCUT2D eigenvalue weighted by Gasteiger charge is 2.20. The van der Waals surface area contributed by atoms with Crippen molar-refractivity contribution in [1.29, 1.82) is 0 Å². The van der Waals surface area contributed by atoms with Gasteiger partial charge in [-0.05, 0) is 25.5 Å². The molecular weight excluding hydrogens is 344 g/mol. The number of pyridine rings is 1. The number of nitrogens with one attached hydrogen (secondary N) is 1. The second-order valence-electron chi connectivity index (χ2n) is 6.42. The molecule has 0 atom stereocenters. The van der Waals surface area contributed by atoms with E-state index >= 15 is 0 Å². The number of aromatic nitrogens is 3. The summed E-state index contributed by atoms with van der Waals surface area (Å²) in [5.41, 5.74) is 0.405. The zero-order valence-corrected chi connectivity index (χ0v) is 15.9. The van der Waals surface area contributed by atoms with Gasteiger partial charge in [0.2, 0.25) is 0 Å². The van der Waals surface area contributed by atoms with Crippen LogP contribution in [0.3, 0.4) is 0 Å². The van der Waals surface area contributed by atoms with E-state index in [1.807, 2.05) is 31.3 Å². The molecule has 1 N–H and O–H groups in total. The molecule has 0 saturated carbocycles. The molecule has 1 fully saturated rings. The molecule has 1 amide bonds. The van der Waals surface area contributed by atoms with Crippen LogP contribution in [0, 0.1) is 6.92 Å². The lowest BCUT2D eigenvalue weighted by Gasteiger charge is -2.36. The van der Waals surface area contributed by atoms with E-state index in [0.717, 1.165) is 44.2 Å². The van der Waals surface area contributed by atoms with Crippen molar-refractivity contribution in [3.8, 4) is 0 Å². The molecule has 1 aliphatic rings. The van der Waals surface area contributed by atoms with Crippen molar-refractivity contribution < 1.29 is 9.53 Å². The standard InChI is InChI=1S/C19H26N6O2/c1-15-22-16(19(26)21-8-5-13-27-2)14-18(23-15)25-11-9-24(10-12-25)17-6-3-4-7-20-17/h3-4,6-7,14H,5,8-13H2,1-2H3,(H,21,26). The second kappa shape index (κ2) is 9.27. The Morgan fingerprint density at radius 3 is 2.56 bits per heavy atom. The number of hydrogen-bond donors (Lipinski definition) is 1. The number of methoxy groups -OCH3 is 1. The van der Waals surface area contributed by atoms with E-state index in [0.29, 0.717) is 24.7 Å². The van der Waals surface area contributed by atoms with E-state index in [1.165, 1.54) is 0 Å². The maximum Gasteiger partial charge on any atom is 0.270 e. The molecule has 0 unspecified atom stereocenters. The molecule has 0 spiro atoms. The Hall–Kier alpha value is -2.74. The third-order valence-electron chi connectivity index (χ3n) is 4.44. The summed E-state index contributed by atoms with van der Waals surface area (Å²) < 4.78 is 5.00. The third-order valence-corrected chi connectivity index (χ3v) is 4.44. The fraction of sp³-hybridized carbons (Fsp3) is 0.474. The van der Waals surface area contributed by atoms with Crippen molar-refractivity contribution >= 4 is 17.5 Å². The van der Waals surface area contributed by atoms with Crippen molar-refractivity contribution in [2.45, 2.75) is 13.3 Å². The summed E-state index contributed by atoms with van der Waals surface area (Å²) in [4.78, 5) is 30.0.